The largest absolute Gasteiger partial charge is 0.370 e. The molecule has 1 aromatic carbocycles. The van der Waals surface area contributed by atoms with E-state index < -0.39 is 6.35 Å². The molecule has 0 saturated carbocycles. The molecule has 24 heavy (non-hydrogen) atoms. The fourth-order valence-electron chi connectivity index (χ4n) is 2.98. The number of anilines is 1. The normalized spacial score (nSPS) is 18.5. The summed E-state index contributed by atoms with van der Waals surface area (Å²) in [5, 5.41) is 20.3. The van der Waals surface area contributed by atoms with E-state index in [0.717, 1.165) is 31.6 Å². The predicted octanol–water partition coefficient (Wildman–Crippen LogP) is 3.49. The highest BCUT2D eigenvalue weighted by atomic mass is 35.5. The number of rotatable bonds is 6. The zero-order chi connectivity index (χ0) is 16.9. The van der Waals surface area contributed by atoms with Gasteiger partial charge in [-0.25, -0.2) is 4.99 Å². The Kier molecular flexibility index (Phi) is 6.00. The van der Waals surface area contributed by atoms with E-state index in [4.69, 9.17) is 28.2 Å². The van der Waals surface area contributed by atoms with Crippen molar-refractivity contribution in [1.82, 2.24) is 10.6 Å². The molecular formula is C17H22Cl2N4O. The third kappa shape index (κ3) is 4.42. The fourth-order valence-corrected chi connectivity index (χ4v) is 3.49. The number of aliphatic hydroxyl groups is 1. The second-order valence-electron chi connectivity index (χ2n) is 6.01. The first-order valence-corrected chi connectivity index (χ1v) is 9.03. The fraction of sp³-hybridized carbons (Fsp3) is 0.471. The molecule has 5 nitrogen and oxygen atoms in total. The van der Waals surface area contributed by atoms with Crippen LogP contribution in [0.4, 0.5) is 5.69 Å². The van der Waals surface area contributed by atoms with E-state index in [1.165, 1.54) is 24.1 Å². The summed E-state index contributed by atoms with van der Waals surface area (Å²) >= 11 is 12.2. The molecular weight excluding hydrogens is 347 g/mol. The SMILES string of the molecule is OC(NCCC1=NC2=C(CCCN2)CC1)Nc1c(Cl)cccc1Cl. The van der Waals surface area contributed by atoms with Crippen LogP contribution in [0, 0.1) is 0 Å². The number of aliphatic hydroxyl groups excluding tert-OH is 1. The maximum Gasteiger partial charge on any atom is 0.181 e. The lowest BCUT2D eigenvalue weighted by molar-refractivity contribution is 0.167. The van der Waals surface area contributed by atoms with E-state index in [1.807, 2.05) is 0 Å². The lowest BCUT2D eigenvalue weighted by Gasteiger charge is -2.24. The predicted molar refractivity (Wildman–Crippen MR) is 99.6 cm³/mol. The number of nitrogens with one attached hydrogen (secondary N) is 3. The second-order valence-corrected chi connectivity index (χ2v) is 6.82. The van der Waals surface area contributed by atoms with Gasteiger partial charge in [0.15, 0.2) is 6.35 Å². The summed E-state index contributed by atoms with van der Waals surface area (Å²) in [6.07, 6.45) is 4.34. The van der Waals surface area contributed by atoms with Gasteiger partial charge in [0.2, 0.25) is 0 Å². The monoisotopic (exact) mass is 368 g/mol. The Balaban J connectivity index is 1.48. The first-order chi connectivity index (χ1) is 11.6. The van der Waals surface area contributed by atoms with Gasteiger partial charge in [-0.1, -0.05) is 29.3 Å². The van der Waals surface area contributed by atoms with Gasteiger partial charge in [0, 0.05) is 18.8 Å². The molecule has 0 aliphatic carbocycles. The standard InChI is InChI=1S/C17H22Cl2N4O/c18-13-4-1-5-14(19)15(13)23-17(24)21-10-8-12-7-6-11-3-2-9-20-16(11)22-12/h1,4-5,17,20-21,23-24H,2-3,6-10H2. The third-order valence-corrected chi connectivity index (χ3v) is 4.89. The van der Waals surface area contributed by atoms with Crippen molar-refractivity contribution in [2.45, 2.75) is 38.5 Å². The highest BCUT2D eigenvalue weighted by Gasteiger charge is 2.18. The Morgan fingerprint density at radius 3 is 2.79 bits per heavy atom. The van der Waals surface area contributed by atoms with Gasteiger partial charge >= 0.3 is 0 Å². The molecule has 2 heterocycles. The van der Waals surface area contributed by atoms with E-state index in [-0.39, 0.29) is 0 Å². The van der Waals surface area contributed by atoms with Crippen molar-refractivity contribution in [3.05, 3.63) is 39.6 Å². The average Bonchev–Trinajstić information content (AvgIpc) is 2.58. The lowest BCUT2D eigenvalue weighted by Crippen LogP contribution is -2.37. The Morgan fingerprint density at radius 2 is 2.00 bits per heavy atom. The van der Waals surface area contributed by atoms with Crippen molar-refractivity contribution < 1.29 is 5.11 Å². The third-order valence-electron chi connectivity index (χ3n) is 4.26. The zero-order valence-corrected chi connectivity index (χ0v) is 14.9. The molecule has 0 amide bonds. The molecule has 0 bridgehead atoms. The summed E-state index contributed by atoms with van der Waals surface area (Å²) in [7, 11) is 0. The van der Waals surface area contributed by atoms with Gasteiger partial charge in [0.05, 0.1) is 15.7 Å². The van der Waals surface area contributed by atoms with Crippen molar-refractivity contribution in [3.63, 3.8) is 0 Å². The van der Waals surface area contributed by atoms with Crippen LogP contribution in [0.25, 0.3) is 0 Å². The first-order valence-electron chi connectivity index (χ1n) is 8.28. The van der Waals surface area contributed by atoms with Crippen LogP contribution in [0.5, 0.6) is 0 Å². The average molecular weight is 369 g/mol. The molecule has 2 aliphatic rings. The molecule has 1 atom stereocenters. The first kappa shape index (κ1) is 17.5. The summed E-state index contributed by atoms with van der Waals surface area (Å²) < 4.78 is 0. The van der Waals surface area contributed by atoms with Crippen molar-refractivity contribution in [3.8, 4) is 0 Å². The summed E-state index contributed by atoms with van der Waals surface area (Å²) in [6, 6.07) is 5.21. The molecule has 1 unspecified atom stereocenters. The summed E-state index contributed by atoms with van der Waals surface area (Å²) in [5.74, 6) is 1.07. The number of aliphatic imine (C=N–C) groups is 1. The van der Waals surface area contributed by atoms with Gasteiger partial charge in [0.1, 0.15) is 5.82 Å². The molecule has 0 fully saturated rings. The number of halogens is 2. The molecule has 7 heteroatoms. The molecule has 4 N–H and O–H groups in total. The Morgan fingerprint density at radius 1 is 1.21 bits per heavy atom. The molecule has 0 saturated heterocycles. The Hall–Kier alpha value is -1.27. The minimum atomic E-state index is -0.922. The van der Waals surface area contributed by atoms with Crippen LogP contribution >= 0.6 is 23.2 Å². The van der Waals surface area contributed by atoms with Crippen LogP contribution < -0.4 is 16.0 Å². The minimum Gasteiger partial charge on any atom is -0.370 e. The van der Waals surface area contributed by atoms with Gasteiger partial charge in [0.25, 0.3) is 0 Å². The summed E-state index contributed by atoms with van der Waals surface area (Å²) in [5.41, 5.74) is 3.14. The maximum atomic E-state index is 10.1. The molecule has 1 aromatic rings. The van der Waals surface area contributed by atoms with Gasteiger partial charge in [-0.2, -0.15) is 0 Å². The van der Waals surface area contributed by atoms with E-state index >= 15 is 0 Å². The summed E-state index contributed by atoms with van der Waals surface area (Å²) in [4.78, 5) is 4.71. The highest BCUT2D eigenvalue weighted by molar-refractivity contribution is 6.39. The van der Waals surface area contributed by atoms with Crippen LogP contribution in [0.15, 0.2) is 34.6 Å². The number of hydrogen-bond donors (Lipinski definition) is 4. The molecule has 2 aliphatic heterocycles. The molecule has 0 spiro atoms. The topological polar surface area (TPSA) is 68.7 Å². The van der Waals surface area contributed by atoms with Gasteiger partial charge in [-0.3, -0.25) is 5.32 Å². The van der Waals surface area contributed by atoms with Gasteiger partial charge < -0.3 is 15.7 Å². The van der Waals surface area contributed by atoms with Gasteiger partial charge in [-0.15, -0.1) is 0 Å². The van der Waals surface area contributed by atoms with Crippen LogP contribution in [0.1, 0.15) is 32.1 Å². The minimum absolute atomic E-state index is 0.475. The summed E-state index contributed by atoms with van der Waals surface area (Å²) in [6.45, 7) is 1.63. The molecule has 130 valence electrons. The van der Waals surface area contributed by atoms with Crippen molar-refractivity contribution in [1.29, 1.82) is 0 Å². The number of allylic oxidation sites excluding steroid dienone is 1. The van der Waals surface area contributed by atoms with E-state index in [2.05, 4.69) is 16.0 Å². The number of nitrogens with zero attached hydrogens (tertiary/aromatic N) is 1. The van der Waals surface area contributed by atoms with Gasteiger partial charge in [-0.05, 0) is 49.8 Å². The van der Waals surface area contributed by atoms with Crippen molar-refractivity contribution in [2.24, 2.45) is 4.99 Å². The van der Waals surface area contributed by atoms with Crippen LogP contribution in [-0.2, 0) is 0 Å². The number of hydrogen-bond acceptors (Lipinski definition) is 5. The Labute approximate surface area is 152 Å². The number of benzene rings is 1. The van der Waals surface area contributed by atoms with E-state index in [0.29, 0.717) is 22.3 Å². The highest BCUT2D eigenvalue weighted by Crippen LogP contribution is 2.30. The lowest BCUT2D eigenvalue weighted by atomic mass is 9.97. The van der Waals surface area contributed by atoms with Crippen molar-refractivity contribution >= 4 is 34.6 Å². The van der Waals surface area contributed by atoms with Crippen LogP contribution in [0.2, 0.25) is 10.0 Å². The number of para-hydroxylation sites is 1. The maximum absolute atomic E-state index is 10.1. The molecule has 0 radical (unpaired) electrons. The quantitative estimate of drug-likeness (QED) is 0.580. The van der Waals surface area contributed by atoms with E-state index in [1.54, 1.807) is 18.2 Å². The smallest absolute Gasteiger partial charge is 0.181 e. The van der Waals surface area contributed by atoms with Crippen LogP contribution in [-0.4, -0.2) is 30.3 Å². The van der Waals surface area contributed by atoms with E-state index in [9.17, 15) is 5.11 Å². The van der Waals surface area contributed by atoms with Crippen LogP contribution in [0.3, 0.4) is 0 Å². The Bertz CT molecular complexity index is 640. The second kappa shape index (κ2) is 8.21. The zero-order valence-electron chi connectivity index (χ0n) is 13.4. The molecule has 0 aromatic heterocycles. The van der Waals surface area contributed by atoms with Crippen molar-refractivity contribution in [2.75, 3.05) is 18.4 Å². The molecule has 3 rings (SSSR count).